The maximum absolute atomic E-state index is 13.0. The highest BCUT2D eigenvalue weighted by Gasteiger charge is 2.28. The largest absolute Gasteiger partial charge is 0.308 e. The highest BCUT2D eigenvalue weighted by atomic mass is 32.2. The van der Waals surface area contributed by atoms with Crippen LogP contribution in [0.4, 0.5) is 5.82 Å². The summed E-state index contributed by atoms with van der Waals surface area (Å²) in [4.78, 5) is 28.3. The first kappa shape index (κ1) is 18.7. The summed E-state index contributed by atoms with van der Waals surface area (Å²) in [6, 6.07) is 9.52. The topological polar surface area (TPSA) is 67.2 Å². The number of carbonyl (C=O) groups is 2. The zero-order chi connectivity index (χ0) is 18.5. The van der Waals surface area contributed by atoms with Gasteiger partial charge < -0.3 is 5.32 Å². The number of amides is 1. The van der Waals surface area contributed by atoms with Gasteiger partial charge in [-0.15, -0.1) is 11.8 Å². The van der Waals surface area contributed by atoms with Gasteiger partial charge in [-0.3, -0.25) is 19.2 Å². The molecule has 1 N–H and O–H groups in total. The molecule has 0 unspecified atom stereocenters. The first-order valence-corrected chi connectivity index (χ1v) is 9.98. The van der Waals surface area contributed by atoms with E-state index in [9.17, 15) is 9.59 Å². The van der Waals surface area contributed by atoms with Crippen molar-refractivity contribution in [2.45, 2.75) is 17.7 Å². The smallest absolute Gasteiger partial charge is 0.239 e. The molecule has 138 valence electrons. The van der Waals surface area contributed by atoms with Crippen LogP contribution in [0.5, 0.6) is 0 Å². The van der Waals surface area contributed by atoms with Gasteiger partial charge in [-0.2, -0.15) is 5.10 Å². The summed E-state index contributed by atoms with van der Waals surface area (Å²) in [6.07, 6.45) is 5.57. The Morgan fingerprint density at radius 2 is 2.12 bits per heavy atom. The second-order valence-corrected chi connectivity index (χ2v) is 7.41. The van der Waals surface area contributed by atoms with Crippen molar-refractivity contribution in [2.24, 2.45) is 13.0 Å². The van der Waals surface area contributed by atoms with Crippen molar-refractivity contribution in [1.82, 2.24) is 14.7 Å². The van der Waals surface area contributed by atoms with Crippen molar-refractivity contribution in [3.8, 4) is 0 Å². The maximum atomic E-state index is 13.0. The highest BCUT2D eigenvalue weighted by Crippen LogP contribution is 2.26. The number of aromatic nitrogens is 2. The molecule has 6 nitrogen and oxygen atoms in total. The Hall–Kier alpha value is -2.12. The van der Waals surface area contributed by atoms with Crippen LogP contribution >= 0.6 is 11.8 Å². The molecule has 7 heteroatoms. The molecule has 1 aromatic heterocycles. The SMILES string of the molecule is CSc1ccccc1C(=O)[C@@H]1CCCN(CC(=O)Nc2ccn(C)n2)C1. The molecule has 0 radical (unpaired) electrons. The number of likely N-dealkylation sites (tertiary alicyclic amines) is 1. The van der Waals surface area contributed by atoms with E-state index in [-0.39, 0.29) is 24.2 Å². The molecule has 0 saturated carbocycles. The Morgan fingerprint density at radius 1 is 1.31 bits per heavy atom. The van der Waals surface area contributed by atoms with Crippen molar-refractivity contribution >= 4 is 29.3 Å². The second-order valence-electron chi connectivity index (χ2n) is 6.56. The minimum atomic E-state index is -0.0960. The van der Waals surface area contributed by atoms with E-state index in [1.54, 1.807) is 28.7 Å². The van der Waals surface area contributed by atoms with E-state index in [0.717, 1.165) is 29.8 Å². The third-order valence-corrected chi connectivity index (χ3v) is 5.39. The predicted octanol–water partition coefficient (Wildman–Crippen LogP) is 2.68. The van der Waals surface area contributed by atoms with Gasteiger partial charge in [0, 0.05) is 42.2 Å². The zero-order valence-electron chi connectivity index (χ0n) is 15.1. The zero-order valence-corrected chi connectivity index (χ0v) is 16.0. The summed E-state index contributed by atoms with van der Waals surface area (Å²) >= 11 is 1.59. The van der Waals surface area contributed by atoms with Crippen LogP contribution in [0.3, 0.4) is 0 Å². The Labute approximate surface area is 157 Å². The molecule has 2 aromatic rings. The molecule has 1 aliphatic heterocycles. The van der Waals surface area contributed by atoms with Crippen molar-refractivity contribution in [2.75, 3.05) is 31.2 Å². The summed E-state index contributed by atoms with van der Waals surface area (Å²) in [5.41, 5.74) is 0.796. The van der Waals surface area contributed by atoms with Gasteiger partial charge >= 0.3 is 0 Å². The summed E-state index contributed by atoms with van der Waals surface area (Å²) in [6.45, 7) is 1.74. The lowest BCUT2D eigenvalue weighted by Crippen LogP contribution is -2.42. The molecule has 26 heavy (non-hydrogen) atoms. The molecule has 3 rings (SSSR count). The van der Waals surface area contributed by atoms with Crippen molar-refractivity contribution in [3.05, 3.63) is 42.1 Å². The second kappa shape index (κ2) is 8.51. The van der Waals surface area contributed by atoms with E-state index < -0.39 is 0 Å². The van der Waals surface area contributed by atoms with Crippen LogP contribution < -0.4 is 5.32 Å². The van der Waals surface area contributed by atoms with Crippen LogP contribution in [0.25, 0.3) is 0 Å². The fraction of sp³-hybridized carbons (Fsp3) is 0.421. The lowest BCUT2D eigenvalue weighted by Gasteiger charge is -2.31. The average molecular weight is 372 g/mol. The van der Waals surface area contributed by atoms with Gasteiger partial charge in [0.05, 0.1) is 6.54 Å². The van der Waals surface area contributed by atoms with E-state index >= 15 is 0 Å². The number of aryl methyl sites for hydroxylation is 1. The molecule has 1 aliphatic rings. The average Bonchev–Trinajstić information content (AvgIpc) is 3.05. The Bertz CT molecular complexity index is 789. The van der Waals surface area contributed by atoms with Crippen LogP contribution in [-0.2, 0) is 11.8 Å². The molecule has 1 atom stereocenters. The van der Waals surface area contributed by atoms with Gasteiger partial charge in [0.2, 0.25) is 5.91 Å². The Kier molecular flexibility index (Phi) is 6.11. The molecular formula is C19H24N4O2S. The Morgan fingerprint density at radius 3 is 2.85 bits per heavy atom. The summed E-state index contributed by atoms with van der Waals surface area (Å²) in [7, 11) is 1.81. The van der Waals surface area contributed by atoms with Gasteiger partial charge in [-0.25, -0.2) is 0 Å². The highest BCUT2D eigenvalue weighted by molar-refractivity contribution is 7.98. The lowest BCUT2D eigenvalue weighted by molar-refractivity contribution is -0.117. The van der Waals surface area contributed by atoms with Crippen molar-refractivity contribution < 1.29 is 9.59 Å². The number of carbonyl (C=O) groups excluding carboxylic acids is 2. The third-order valence-electron chi connectivity index (χ3n) is 4.60. The van der Waals surface area contributed by atoms with Gasteiger partial charge in [-0.05, 0) is 31.7 Å². The molecule has 1 amide bonds. The quantitative estimate of drug-likeness (QED) is 0.624. The number of rotatable bonds is 6. The molecule has 0 bridgehead atoms. The molecule has 1 aromatic carbocycles. The van der Waals surface area contributed by atoms with E-state index in [1.165, 1.54) is 0 Å². The molecular weight excluding hydrogens is 348 g/mol. The lowest BCUT2D eigenvalue weighted by atomic mass is 9.90. The number of Topliss-reactive ketones (excluding diaryl/α,β-unsaturated/α-hetero) is 1. The van der Waals surface area contributed by atoms with Crippen molar-refractivity contribution in [3.63, 3.8) is 0 Å². The number of benzene rings is 1. The fourth-order valence-corrected chi connectivity index (χ4v) is 3.95. The molecule has 0 spiro atoms. The van der Waals surface area contributed by atoms with Crippen molar-refractivity contribution in [1.29, 1.82) is 0 Å². The molecule has 2 heterocycles. The van der Waals surface area contributed by atoms with E-state index in [4.69, 9.17) is 0 Å². The molecule has 1 saturated heterocycles. The maximum Gasteiger partial charge on any atom is 0.239 e. The summed E-state index contributed by atoms with van der Waals surface area (Å²) in [5.74, 6) is 0.585. The van der Waals surface area contributed by atoms with Gasteiger partial charge in [0.15, 0.2) is 11.6 Å². The number of anilines is 1. The monoisotopic (exact) mass is 372 g/mol. The first-order valence-electron chi connectivity index (χ1n) is 8.76. The van der Waals surface area contributed by atoms with Crippen LogP contribution in [-0.4, -0.2) is 52.3 Å². The third kappa shape index (κ3) is 4.53. The van der Waals surface area contributed by atoms with Crippen LogP contribution in [0.1, 0.15) is 23.2 Å². The minimum Gasteiger partial charge on any atom is -0.308 e. The van der Waals surface area contributed by atoms with Crippen LogP contribution in [0.2, 0.25) is 0 Å². The van der Waals surface area contributed by atoms with Gasteiger partial charge in [0.1, 0.15) is 0 Å². The van der Waals surface area contributed by atoms with Gasteiger partial charge in [-0.1, -0.05) is 18.2 Å². The van der Waals surface area contributed by atoms with E-state index in [2.05, 4.69) is 15.3 Å². The number of hydrogen-bond acceptors (Lipinski definition) is 5. The van der Waals surface area contributed by atoms with Crippen LogP contribution in [0, 0.1) is 5.92 Å². The number of thioether (sulfide) groups is 1. The first-order chi connectivity index (χ1) is 12.6. The molecule has 1 fully saturated rings. The summed E-state index contributed by atoms with van der Waals surface area (Å²) in [5, 5.41) is 6.96. The number of piperidine rings is 1. The number of ketones is 1. The fourth-order valence-electron chi connectivity index (χ4n) is 3.35. The van der Waals surface area contributed by atoms with E-state index in [0.29, 0.717) is 12.4 Å². The Balaban J connectivity index is 1.60. The van der Waals surface area contributed by atoms with Gasteiger partial charge in [0.25, 0.3) is 0 Å². The predicted molar refractivity (Wildman–Crippen MR) is 104 cm³/mol. The number of nitrogens with one attached hydrogen (secondary N) is 1. The summed E-state index contributed by atoms with van der Waals surface area (Å²) < 4.78 is 1.65. The standard InChI is InChI=1S/C19H24N4O2S/c1-22-11-9-17(21-22)20-18(24)13-23-10-5-6-14(12-23)19(25)15-7-3-4-8-16(15)26-2/h3-4,7-9,11,14H,5-6,10,12-13H2,1-2H3,(H,20,21,24)/t14-/m1/s1. The number of hydrogen-bond donors (Lipinski definition) is 1. The molecule has 0 aliphatic carbocycles. The van der Waals surface area contributed by atoms with E-state index in [1.807, 2.05) is 37.6 Å². The minimum absolute atomic E-state index is 0.0558. The normalized spacial score (nSPS) is 17.8. The number of nitrogens with zero attached hydrogens (tertiary/aromatic N) is 3. The van der Waals surface area contributed by atoms with Crippen LogP contribution in [0.15, 0.2) is 41.4 Å².